The summed E-state index contributed by atoms with van der Waals surface area (Å²) in [6, 6.07) is 27.4. The van der Waals surface area contributed by atoms with Gasteiger partial charge in [0.05, 0.1) is 36.2 Å². The van der Waals surface area contributed by atoms with Crippen molar-refractivity contribution in [3.63, 3.8) is 0 Å². The van der Waals surface area contributed by atoms with Gasteiger partial charge in [-0.25, -0.2) is 19.2 Å². The van der Waals surface area contributed by atoms with Crippen LogP contribution >= 0.6 is 0 Å². The average molecular weight is 935 g/mol. The van der Waals surface area contributed by atoms with Gasteiger partial charge in [0.15, 0.2) is 0 Å². The summed E-state index contributed by atoms with van der Waals surface area (Å²) in [6.45, 7) is 8.37. The zero-order valence-electron chi connectivity index (χ0n) is 40.2. The maximum Gasteiger partial charge on any atom is 0.338 e. The fraction of sp³-hybridized carbons (Fsp3) is 0.429. The fourth-order valence-electron chi connectivity index (χ4n) is 7.46. The quantitative estimate of drug-likeness (QED) is 0.0284. The van der Waals surface area contributed by atoms with Crippen molar-refractivity contribution >= 4 is 35.8 Å². The molecule has 366 valence electrons. The van der Waals surface area contributed by atoms with Gasteiger partial charge in [-0.15, -0.1) is 0 Å². The molecule has 1 aliphatic carbocycles. The highest BCUT2D eigenvalue weighted by molar-refractivity contribution is 5.94. The molecule has 0 aliphatic heterocycles. The highest BCUT2D eigenvalue weighted by Gasteiger charge is 2.32. The van der Waals surface area contributed by atoms with Crippen LogP contribution in [0.1, 0.15) is 151 Å². The number of benzene rings is 4. The summed E-state index contributed by atoms with van der Waals surface area (Å²) in [4.78, 5) is 72.2. The van der Waals surface area contributed by atoms with Crippen molar-refractivity contribution < 1.29 is 58.6 Å². The van der Waals surface area contributed by atoms with Gasteiger partial charge in [0.2, 0.25) is 0 Å². The van der Waals surface area contributed by atoms with Crippen LogP contribution in [0, 0.1) is 11.8 Å². The zero-order valence-corrected chi connectivity index (χ0v) is 40.2. The number of rotatable bonds is 24. The van der Waals surface area contributed by atoms with Gasteiger partial charge in [-0.3, -0.25) is 9.59 Å². The second kappa shape index (κ2) is 30.7. The molecule has 12 heteroatoms. The van der Waals surface area contributed by atoms with Crippen molar-refractivity contribution in [2.75, 3.05) is 13.2 Å². The van der Waals surface area contributed by atoms with Crippen LogP contribution in [0.15, 0.2) is 109 Å². The molecule has 0 bridgehead atoms. The summed E-state index contributed by atoms with van der Waals surface area (Å²) < 4.78 is 31.1. The zero-order chi connectivity index (χ0) is 48.9. The number of aryl methyl sites for hydroxylation is 2. The van der Waals surface area contributed by atoms with Gasteiger partial charge < -0.3 is 28.4 Å². The van der Waals surface area contributed by atoms with Crippen molar-refractivity contribution in [3.8, 4) is 23.0 Å². The standard InChI is InChI=1S/C34H48O4.C22H20O8.H2/c1-3-5-7-9-11-13-27-15-23-31(24-16-27)37-33(35)29-19-21-30(22-20-29)34(36)38-32-25-17-28(18-26-32)14-12-10-8-6-4-2;1-3-27-21(25)15-5-9-17(10-6-15)29-19(23)13-14-20(24)30-18-11-7-16(8-12-18)22(26)28-4-2;/h15-18,23-26,29-30H,3-14,19-22H2,1-2H3;5-14H,3-4H2,1-2H3;1H/b;14-13-;. The third kappa shape index (κ3) is 20.1. The van der Waals surface area contributed by atoms with Crippen LogP contribution in [-0.2, 0) is 41.5 Å². The Morgan fingerprint density at radius 2 is 0.735 bits per heavy atom. The van der Waals surface area contributed by atoms with Crippen molar-refractivity contribution in [1.82, 2.24) is 0 Å². The molecule has 1 saturated carbocycles. The minimum atomic E-state index is -0.798. The molecule has 68 heavy (non-hydrogen) atoms. The first kappa shape index (κ1) is 54.0. The van der Waals surface area contributed by atoms with E-state index >= 15 is 0 Å². The fourth-order valence-corrected chi connectivity index (χ4v) is 7.46. The van der Waals surface area contributed by atoms with E-state index in [1.807, 2.05) is 24.3 Å². The number of carbonyl (C=O) groups excluding carboxylic acids is 6. The third-order valence-electron chi connectivity index (χ3n) is 11.3. The minimum Gasteiger partial charge on any atom is -0.462 e. The normalized spacial score (nSPS) is 14.2. The number of unbranched alkanes of at least 4 members (excludes halogenated alkanes) is 8. The first-order chi connectivity index (χ1) is 33.0. The molecule has 0 aromatic heterocycles. The van der Waals surface area contributed by atoms with E-state index in [0.29, 0.717) is 48.3 Å². The molecule has 4 aromatic rings. The molecule has 0 atom stereocenters. The molecule has 1 fully saturated rings. The monoisotopic (exact) mass is 934 g/mol. The Kier molecular flexibility index (Phi) is 24.4. The molecule has 0 heterocycles. The molecule has 0 amide bonds. The van der Waals surface area contributed by atoms with E-state index in [9.17, 15) is 28.8 Å². The van der Waals surface area contributed by atoms with Crippen LogP contribution in [0.25, 0.3) is 0 Å². The lowest BCUT2D eigenvalue weighted by molar-refractivity contribution is -0.145. The first-order valence-electron chi connectivity index (χ1n) is 24.3. The van der Waals surface area contributed by atoms with Gasteiger partial charge in [0, 0.05) is 13.6 Å². The Morgan fingerprint density at radius 3 is 1.06 bits per heavy atom. The number of ether oxygens (including phenoxy) is 6. The Bertz CT molecular complexity index is 2030. The second-order valence-corrected chi connectivity index (χ2v) is 16.7. The summed E-state index contributed by atoms with van der Waals surface area (Å²) in [5.41, 5.74) is 3.23. The van der Waals surface area contributed by atoms with E-state index < -0.39 is 23.9 Å². The van der Waals surface area contributed by atoms with Crippen molar-refractivity contribution in [2.45, 2.75) is 130 Å². The van der Waals surface area contributed by atoms with Crippen LogP contribution in [0.2, 0.25) is 0 Å². The number of carbonyl (C=O) groups is 6. The van der Waals surface area contributed by atoms with E-state index in [-0.39, 0.29) is 49.9 Å². The highest BCUT2D eigenvalue weighted by atomic mass is 16.6. The summed E-state index contributed by atoms with van der Waals surface area (Å²) in [5.74, 6) is -1.64. The van der Waals surface area contributed by atoms with Gasteiger partial charge in [0.1, 0.15) is 23.0 Å². The summed E-state index contributed by atoms with van der Waals surface area (Å²) >= 11 is 0. The Balaban J connectivity index is 0.000000370. The van der Waals surface area contributed by atoms with Gasteiger partial charge in [-0.1, -0.05) is 89.5 Å². The molecule has 1 aliphatic rings. The molecule has 0 spiro atoms. The predicted molar refractivity (Wildman–Crippen MR) is 262 cm³/mol. The lowest BCUT2D eigenvalue weighted by atomic mass is 9.82. The lowest BCUT2D eigenvalue weighted by Crippen LogP contribution is -2.30. The number of hydrogen-bond acceptors (Lipinski definition) is 12. The third-order valence-corrected chi connectivity index (χ3v) is 11.3. The molecular formula is C56H70O12. The van der Waals surface area contributed by atoms with Gasteiger partial charge in [0.25, 0.3) is 0 Å². The summed E-state index contributed by atoms with van der Waals surface area (Å²) in [6.07, 6.45) is 19.3. The Hall–Kier alpha value is -6.56. The molecule has 12 nitrogen and oxygen atoms in total. The SMILES string of the molecule is CCCCCCCc1ccc(OC(=O)C2CCC(C(=O)Oc3ccc(CCCCCCC)cc3)CC2)cc1.CCOC(=O)c1ccc(OC(=O)/C=C\C(=O)Oc2ccc(C(=O)OCC)cc2)cc1.[HH]. The first-order valence-corrected chi connectivity index (χ1v) is 24.3. The number of esters is 6. The van der Waals surface area contributed by atoms with Crippen molar-refractivity contribution in [2.24, 2.45) is 11.8 Å². The molecule has 4 aromatic carbocycles. The van der Waals surface area contributed by atoms with Crippen LogP contribution in [-0.4, -0.2) is 49.0 Å². The topological polar surface area (TPSA) is 158 Å². The molecule has 0 saturated heterocycles. The Morgan fingerprint density at radius 1 is 0.426 bits per heavy atom. The van der Waals surface area contributed by atoms with E-state index in [4.69, 9.17) is 28.4 Å². The molecule has 0 unspecified atom stereocenters. The summed E-state index contributed by atoms with van der Waals surface area (Å²) in [7, 11) is 0. The predicted octanol–water partition coefficient (Wildman–Crippen LogP) is 12.4. The average Bonchev–Trinajstić information content (AvgIpc) is 3.35. The second-order valence-electron chi connectivity index (χ2n) is 16.7. The summed E-state index contributed by atoms with van der Waals surface area (Å²) in [5, 5.41) is 0. The molecule has 0 N–H and O–H groups in total. The Labute approximate surface area is 403 Å². The maximum atomic E-state index is 12.7. The lowest BCUT2D eigenvalue weighted by Gasteiger charge is -2.25. The van der Waals surface area contributed by atoms with E-state index in [1.54, 1.807) is 13.8 Å². The molecular weight excluding hydrogens is 865 g/mol. The van der Waals surface area contributed by atoms with Crippen molar-refractivity contribution in [3.05, 3.63) is 131 Å². The van der Waals surface area contributed by atoms with E-state index in [2.05, 4.69) is 38.1 Å². The van der Waals surface area contributed by atoms with Crippen LogP contribution in [0.3, 0.4) is 0 Å². The van der Waals surface area contributed by atoms with Crippen LogP contribution in [0.4, 0.5) is 0 Å². The smallest absolute Gasteiger partial charge is 0.338 e. The van der Waals surface area contributed by atoms with Gasteiger partial charge in [-0.2, -0.15) is 0 Å². The van der Waals surface area contributed by atoms with Crippen LogP contribution in [0.5, 0.6) is 23.0 Å². The highest BCUT2D eigenvalue weighted by Crippen LogP contribution is 2.32. The molecule has 0 radical (unpaired) electrons. The largest absolute Gasteiger partial charge is 0.462 e. The molecule has 5 rings (SSSR count). The van der Waals surface area contributed by atoms with Gasteiger partial charge in [-0.05, 0) is 149 Å². The maximum absolute atomic E-state index is 12.7. The van der Waals surface area contributed by atoms with Crippen LogP contribution < -0.4 is 18.9 Å². The van der Waals surface area contributed by atoms with Gasteiger partial charge >= 0.3 is 35.8 Å². The number of hydrogen-bond donors (Lipinski definition) is 0. The van der Waals surface area contributed by atoms with E-state index in [0.717, 1.165) is 25.0 Å². The van der Waals surface area contributed by atoms with E-state index in [1.165, 1.54) is 124 Å². The van der Waals surface area contributed by atoms with Crippen molar-refractivity contribution in [1.29, 1.82) is 0 Å². The minimum absolute atomic E-state index is 0.